The molecule has 7 heteroatoms. The number of rotatable bonds is 2. The van der Waals surface area contributed by atoms with Crippen molar-refractivity contribution in [2.45, 2.75) is 37.8 Å². The summed E-state index contributed by atoms with van der Waals surface area (Å²) in [6, 6.07) is 4.36. The molecule has 6 nitrogen and oxygen atoms in total. The molecule has 1 aromatic rings. The van der Waals surface area contributed by atoms with Gasteiger partial charge in [-0.1, -0.05) is 6.42 Å². The van der Waals surface area contributed by atoms with Gasteiger partial charge in [0.2, 0.25) is 11.9 Å². The number of hydrogen-bond donors (Lipinski definition) is 2. The Balaban J connectivity index is 2.12. The van der Waals surface area contributed by atoms with E-state index in [9.17, 15) is 4.39 Å². The van der Waals surface area contributed by atoms with Crippen LogP contribution in [0.5, 0.6) is 5.75 Å². The third-order valence-electron chi connectivity index (χ3n) is 4.23. The van der Waals surface area contributed by atoms with E-state index in [4.69, 9.17) is 16.2 Å². The normalized spacial score (nSPS) is 20.5. The summed E-state index contributed by atoms with van der Waals surface area (Å²) < 4.78 is 18.8. The molecule has 0 bridgehead atoms. The maximum absolute atomic E-state index is 13.5. The fourth-order valence-electron chi connectivity index (χ4n) is 3.31. The Morgan fingerprint density at radius 1 is 1.23 bits per heavy atom. The van der Waals surface area contributed by atoms with Crippen LogP contribution in [0, 0.1) is 5.82 Å². The molecule has 1 aliphatic heterocycles. The minimum absolute atomic E-state index is 0.191. The van der Waals surface area contributed by atoms with Crippen LogP contribution in [-0.2, 0) is 0 Å². The summed E-state index contributed by atoms with van der Waals surface area (Å²) in [5, 5.41) is 0. The number of guanidine groups is 2. The molecule has 0 amide bonds. The smallest absolute Gasteiger partial charge is 0.220 e. The summed E-state index contributed by atoms with van der Waals surface area (Å²) in [6.45, 7) is 0. The Kier molecular flexibility index (Phi) is 3.64. The van der Waals surface area contributed by atoms with Gasteiger partial charge in [-0.05, 0) is 37.8 Å². The molecular formula is C15H20FN5O. The lowest BCUT2D eigenvalue weighted by Gasteiger charge is -2.45. The number of aliphatic imine (C=N–C) groups is 2. The van der Waals surface area contributed by atoms with Gasteiger partial charge in [-0.25, -0.2) is 9.38 Å². The van der Waals surface area contributed by atoms with E-state index in [-0.39, 0.29) is 17.7 Å². The Morgan fingerprint density at radius 3 is 2.64 bits per heavy atom. The number of hydrogen-bond acceptors (Lipinski definition) is 6. The summed E-state index contributed by atoms with van der Waals surface area (Å²) >= 11 is 0. The SMILES string of the molecule is COc1cc(F)ccc1N1C(N)=NC(N)=NC12CCCCC2. The maximum Gasteiger partial charge on any atom is 0.220 e. The number of benzene rings is 1. The Labute approximate surface area is 128 Å². The number of methoxy groups -OCH3 is 1. The van der Waals surface area contributed by atoms with Crippen molar-refractivity contribution >= 4 is 17.6 Å². The van der Waals surface area contributed by atoms with E-state index in [0.717, 1.165) is 32.1 Å². The van der Waals surface area contributed by atoms with Crippen molar-refractivity contribution in [3.8, 4) is 5.75 Å². The molecule has 1 saturated carbocycles. The number of anilines is 1. The van der Waals surface area contributed by atoms with Gasteiger partial charge in [0, 0.05) is 6.07 Å². The standard InChI is InChI=1S/C15H20FN5O/c1-22-12-9-10(16)5-6-11(12)21-14(18)19-13(17)20-15(21)7-3-2-4-8-15/h5-6,9H,2-4,7-8H2,1H3,(H4,17,18,19,20). The zero-order chi connectivity index (χ0) is 15.7. The molecule has 1 fully saturated rings. The first-order chi connectivity index (χ1) is 10.6. The lowest BCUT2D eigenvalue weighted by molar-refractivity contribution is 0.303. The molecule has 1 heterocycles. The Hall–Kier alpha value is -2.31. The second kappa shape index (κ2) is 5.47. The first-order valence-electron chi connectivity index (χ1n) is 7.39. The molecule has 2 aliphatic rings. The van der Waals surface area contributed by atoms with Gasteiger partial charge < -0.3 is 16.2 Å². The van der Waals surface area contributed by atoms with Crippen LogP contribution in [0.4, 0.5) is 10.1 Å². The molecule has 22 heavy (non-hydrogen) atoms. The first-order valence-corrected chi connectivity index (χ1v) is 7.39. The maximum atomic E-state index is 13.5. The highest BCUT2D eigenvalue weighted by Crippen LogP contribution is 2.42. The van der Waals surface area contributed by atoms with Gasteiger partial charge in [0.05, 0.1) is 12.8 Å². The second-order valence-corrected chi connectivity index (χ2v) is 5.63. The second-order valence-electron chi connectivity index (χ2n) is 5.63. The van der Waals surface area contributed by atoms with Crippen LogP contribution in [0.25, 0.3) is 0 Å². The molecule has 1 spiro atoms. The number of halogens is 1. The van der Waals surface area contributed by atoms with Crippen LogP contribution in [-0.4, -0.2) is 24.7 Å². The molecule has 0 atom stereocenters. The van der Waals surface area contributed by atoms with Gasteiger partial charge in [-0.15, -0.1) is 0 Å². The number of nitrogens with zero attached hydrogens (tertiary/aromatic N) is 3. The molecule has 0 saturated heterocycles. The number of ether oxygens (including phenoxy) is 1. The molecule has 3 rings (SSSR count). The van der Waals surface area contributed by atoms with Crippen LogP contribution in [0.1, 0.15) is 32.1 Å². The van der Waals surface area contributed by atoms with E-state index in [0.29, 0.717) is 11.4 Å². The quantitative estimate of drug-likeness (QED) is 0.874. The molecule has 118 valence electrons. The summed E-state index contributed by atoms with van der Waals surface area (Å²) in [4.78, 5) is 10.5. The predicted octanol–water partition coefficient (Wildman–Crippen LogP) is 1.94. The average molecular weight is 305 g/mol. The van der Waals surface area contributed by atoms with Crippen molar-refractivity contribution < 1.29 is 9.13 Å². The van der Waals surface area contributed by atoms with E-state index in [1.165, 1.54) is 19.2 Å². The molecule has 0 radical (unpaired) electrons. The largest absolute Gasteiger partial charge is 0.494 e. The monoisotopic (exact) mass is 305 g/mol. The molecule has 1 aliphatic carbocycles. The molecule has 1 aromatic carbocycles. The van der Waals surface area contributed by atoms with Crippen LogP contribution in [0.2, 0.25) is 0 Å². The van der Waals surface area contributed by atoms with Gasteiger partial charge in [0.1, 0.15) is 17.2 Å². The summed E-state index contributed by atoms with van der Waals surface area (Å²) in [5.41, 5.74) is 12.1. The molecule has 0 aromatic heterocycles. The van der Waals surface area contributed by atoms with Crippen molar-refractivity contribution in [2.75, 3.05) is 12.0 Å². The Bertz CT molecular complexity index is 637. The lowest BCUT2D eigenvalue weighted by atomic mass is 9.87. The van der Waals surface area contributed by atoms with Gasteiger partial charge in [-0.2, -0.15) is 4.99 Å². The van der Waals surface area contributed by atoms with E-state index >= 15 is 0 Å². The molecule has 0 unspecified atom stereocenters. The highest BCUT2D eigenvalue weighted by molar-refractivity contribution is 6.06. The third-order valence-corrected chi connectivity index (χ3v) is 4.23. The third kappa shape index (κ3) is 2.36. The van der Waals surface area contributed by atoms with Crippen LogP contribution < -0.4 is 21.1 Å². The van der Waals surface area contributed by atoms with Crippen LogP contribution >= 0.6 is 0 Å². The average Bonchev–Trinajstić information content (AvgIpc) is 2.48. The van der Waals surface area contributed by atoms with E-state index < -0.39 is 5.66 Å². The van der Waals surface area contributed by atoms with E-state index in [1.807, 2.05) is 4.90 Å². The van der Waals surface area contributed by atoms with Gasteiger partial charge in [0.25, 0.3) is 0 Å². The van der Waals surface area contributed by atoms with E-state index in [2.05, 4.69) is 9.98 Å². The zero-order valence-corrected chi connectivity index (χ0v) is 12.6. The van der Waals surface area contributed by atoms with Crippen molar-refractivity contribution in [3.63, 3.8) is 0 Å². The summed E-state index contributed by atoms with van der Waals surface area (Å²) in [5.74, 6) is 0.489. The molecule has 4 N–H and O–H groups in total. The highest BCUT2D eigenvalue weighted by Gasteiger charge is 2.43. The fourth-order valence-corrected chi connectivity index (χ4v) is 3.31. The predicted molar refractivity (Wildman–Crippen MR) is 84.5 cm³/mol. The van der Waals surface area contributed by atoms with Gasteiger partial charge >= 0.3 is 0 Å². The lowest BCUT2D eigenvalue weighted by Crippen LogP contribution is -2.58. The van der Waals surface area contributed by atoms with Crippen molar-refractivity contribution in [1.29, 1.82) is 0 Å². The topological polar surface area (TPSA) is 89.2 Å². The van der Waals surface area contributed by atoms with Gasteiger partial charge in [0.15, 0.2) is 0 Å². The number of nitrogens with two attached hydrogens (primary N) is 2. The van der Waals surface area contributed by atoms with Crippen molar-refractivity contribution in [3.05, 3.63) is 24.0 Å². The van der Waals surface area contributed by atoms with E-state index in [1.54, 1.807) is 6.07 Å². The van der Waals surface area contributed by atoms with Crippen molar-refractivity contribution in [1.82, 2.24) is 0 Å². The van der Waals surface area contributed by atoms with Crippen molar-refractivity contribution in [2.24, 2.45) is 21.5 Å². The summed E-state index contributed by atoms with van der Waals surface area (Å²) in [7, 11) is 1.50. The Morgan fingerprint density at radius 2 is 1.95 bits per heavy atom. The zero-order valence-electron chi connectivity index (χ0n) is 12.6. The summed E-state index contributed by atoms with van der Waals surface area (Å²) in [6.07, 6.45) is 4.87. The van der Waals surface area contributed by atoms with Gasteiger partial charge in [-0.3, -0.25) is 4.90 Å². The fraction of sp³-hybridized carbons (Fsp3) is 0.467. The molecular weight excluding hydrogens is 285 g/mol. The van der Waals surface area contributed by atoms with Crippen LogP contribution in [0.3, 0.4) is 0 Å². The minimum atomic E-state index is -0.556. The minimum Gasteiger partial charge on any atom is -0.494 e. The van der Waals surface area contributed by atoms with Crippen LogP contribution in [0.15, 0.2) is 28.2 Å². The first kappa shape index (κ1) is 14.6. The highest BCUT2D eigenvalue weighted by atomic mass is 19.1.